The zero-order valence-corrected chi connectivity index (χ0v) is 23.3. The third kappa shape index (κ3) is 10.9. The predicted molar refractivity (Wildman–Crippen MR) is 144 cm³/mol. The van der Waals surface area contributed by atoms with Gasteiger partial charge in [-0.2, -0.15) is 13.2 Å². The molecule has 0 aliphatic heterocycles. The van der Waals surface area contributed by atoms with Gasteiger partial charge in [0.05, 0.1) is 6.61 Å². The average molecular weight is 573 g/mol. The van der Waals surface area contributed by atoms with Crippen LogP contribution in [0.3, 0.4) is 0 Å². The van der Waals surface area contributed by atoms with Gasteiger partial charge in [-0.05, 0) is 57.4 Å². The van der Waals surface area contributed by atoms with Crippen molar-refractivity contribution >= 4 is 11.8 Å². The van der Waals surface area contributed by atoms with Crippen LogP contribution in [0.5, 0.6) is 11.5 Å². The first-order valence-electron chi connectivity index (χ1n) is 13.5. The van der Waals surface area contributed by atoms with Gasteiger partial charge >= 0.3 is 17.8 Å². The molecule has 224 valence electrons. The molecule has 0 saturated carbocycles. The number of unbranched alkanes of at least 4 members (excludes halogenated alkanes) is 4. The number of carboxylic acids is 1. The van der Waals surface area contributed by atoms with Gasteiger partial charge in [0.15, 0.2) is 5.60 Å². The second-order valence-electron chi connectivity index (χ2n) is 9.96. The highest BCUT2D eigenvalue weighted by Gasteiger charge is 2.29. The van der Waals surface area contributed by atoms with Crippen molar-refractivity contribution in [1.82, 2.24) is 14.3 Å². The lowest BCUT2D eigenvalue weighted by Gasteiger charge is -2.21. The first-order chi connectivity index (χ1) is 18.8. The van der Waals surface area contributed by atoms with Crippen LogP contribution in [0.2, 0.25) is 0 Å². The van der Waals surface area contributed by atoms with Gasteiger partial charge in [-0.25, -0.2) is 14.3 Å². The minimum absolute atomic E-state index is 0.0947. The lowest BCUT2D eigenvalue weighted by molar-refractivity contribution is -0.152. The van der Waals surface area contributed by atoms with Gasteiger partial charge in [0.2, 0.25) is 5.82 Å². The van der Waals surface area contributed by atoms with Gasteiger partial charge in [0.25, 0.3) is 5.56 Å². The van der Waals surface area contributed by atoms with Gasteiger partial charge in [-0.3, -0.25) is 9.36 Å². The van der Waals surface area contributed by atoms with Crippen molar-refractivity contribution in [3.63, 3.8) is 0 Å². The van der Waals surface area contributed by atoms with Crippen LogP contribution >= 0.6 is 0 Å². The number of alkyl halides is 3. The monoisotopic (exact) mass is 572 g/mol. The molecule has 1 aromatic carbocycles. The standard InChI is InChI=1S/C27H39F3N4O6/c1-4-5-6-7-8-17-33-23(35)22(32-34(25(33)38)18-9-15-27(28,29)30)31-16-10-19-39-20-11-13-21(14-12-20)40-26(2,3)24(36)37/h11-14H,4-10,15-19H2,1-3H3,(H,31,32)(H,36,37). The number of aryl methyl sites for hydroxylation is 1. The van der Waals surface area contributed by atoms with E-state index in [0.29, 0.717) is 24.3 Å². The minimum Gasteiger partial charge on any atom is -0.494 e. The predicted octanol–water partition coefficient (Wildman–Crippen LogP) is 4.84. The molecular weight excluding hydrogens is 533 g/mol. The van der Waals surface area contributed by atoms with E-state index < -0.39 is 35.4 Å². The topological polar surface area (TPSA) is 125 Å². The maximum atomic E-state index is 12.9. The number of nitrogens with one attached hydrogen (secondary N) is 1. The SMILES string of the molecule is CCCCCCCn1c(=O)c(NCCCOc2ccc(OC(C)(C)C(=O)O)cc2)nn(CCCC(F)(F)F)c1=O. The zero-order valence-electron chi connectivity index (χ0n) is 23.3. The summed E-state index contributed by atoms with van der Waals surface area (Å²) in [5.41, 5.74) is -2.69. The Hall–Kier alpha value is -3.51. The second-order valence-corrected chi connectivity index (χ2v) is 9.96. The Morgan fingerprint density at radius 3 is 2.25 bits per heavy atom. The Morgan fingerprint density at radius 1 is 0.975 bits per heavy atom. The Morgan fingerprint density at radius 2 is 1.62 bits per heavy atom. The third-order valence-corrected chi connectivity index (χ3v) is 6.03. The first kappa shape index (κ1) is 32.7. The Balaban J connectivity index is 1.98. The highest BCUT2D eigenvalue weighted by molar-refractivity contribution is 5.76. The number of carboxylic acid groups (broad SMARTS) is 1. The highest BCUT2D eigenvalue weighted by Crippen LogP contribution is 2.23. The number of carbonyl (C=O) groups is 1. The Labute approximate surface area is 231 Å². The number of benzene rings is 1. The molecule has 0 amide bonds. The summed E-state index contributed by atoms with van der Waals surface area (Å²) in [6, 6.07) is 6.46. The van der Waals surface area contributed by atoms with Crippen molar-refractivity contribution in [3.05, 3.63) is 45.1 Å². The van der Waals surface area contributed by atoms with Gasteiger partial charge in [0.1, 0.15) is 11.5 Å². The van der Waals surface area contributed by atoms with Crippen molar-refractivity contribution < 1.29 is 32.5 Å². The molecule has 0 unspecified atom stereocenters. The lowest BCUT2D eigenvalue weighted by Crippen LogP contribution is -2.43. The molecule has 1 aromatic heterocycles. The van der Waals surface area contributed by atoms with Crippen molar-refractivity contribution in [1.29, 1.82) is 0 Å². The van der Waals surface area contributed by atoms with E-state index in [4.69, 9.17) is 14.6 Å². The number of anilines is 1. The summed E-state index contributed by atoms with van der Waals surface area (Å²) in [6.45, 7) is 5.42. The number of hydrogen-bond acceptors (Lipinski definition) is 7. The van der Waals surface area contributed by atoms with Crippen molar-refractivity contribution in [3.8, 4) is 11.5 Å². The van der Waals surface area contributed by atoms with E-state index >= 15 is 0 Å². The number of ether oxygens (including phenoxy) is 2. The van der Waals surface area contributed by atoms with Crippen LogP contribution in [-0.2, 0) is 17.9 Å². The number of rotatable bonds is 18. The largest absolute Gasteiger partial charge is 0.494 e. The smallest absolute Gasteiger partial charge is 0.389 e. The number of aromatic nitrogens is 3. The molecule has 2 N–H and O–H groups in total. The third-order valence-electron chi connectivity index (χ3n) is 6.03. The highest BCUT2D eigenvalue weighted by atomic mass is 19.4. The van der Waals surface area contributed by atoms with Crippen LogP contribution in [0.15, 0.2) is 33.9 Å². The van der Waals surface area contributed by atoms with Gasteiger partial charge in [-0.1, -0.05) is 32.6 Å². The zero-order chi connectivity index (χ0) is 29.8. The Bertz CT molecular complexity index is 1190. The maximum Gasteiger partial charge on any atom is 0.389 e. The summed E-state index contributed by atoms with van der Waals surface area (Å²) in [6.07, 6.45) is -0.773. The maximum absolute atomic E-state index is 12.9. The molecule has 1 heterocycles. The summed E-state index contributed by atoms with van der Waals surface area (Å²) in [5.74, 6) is -0.283. The lowest BCUT2D eigenvalue weighted by atomic mass is 10.1. The van der Waals surface area contributed by atoms with E-state index in [1.807, 2.05) is 0 Å². The van der Waals surface area contributed by atoms with Crippen LogP contribution in [0.4, 0.5) is 19.0 Å². The molecule has 13 heteroatoms. The van der Waals surface area contributed by atoms with Crippen LogP contribution in [0.25, 0.3) is 0 Å². The summed E-state index contributed by atoms with van der Waals surface area (Å²) >= 11 is 0. The fraction of sp³-hybridized carbons (Fsp3) is 0.630. The average Bonchev–Trinajstić information content (AvgIpc) is 2.87. The fourth-order valence-corrected chi connectivity index (χ4v) is 3.73. The number of nitrogens with zero attached hydrogens (tertiary/aromatic N) is 3. The Kier molecular flexibility index (Phi) is 12.5. The van der Waals surface area contributed by atoms with Crippen molar-refractivity contribution in [2.45, 2.75) is 97.0 Å². The van der Waals surface area contributed by atoms with Crippen LogP contribution in [0.1, 0.15) is 72.1 Å². The molecule has 0 radical (unpaired) electrons. The summed E-state index contributed by atoms with van der Waals surface area (Å²) in [7, 11) is 0. The molecule has 0 aliphatic carbocycles. The normalized spacial score (nSPS) is 11.8. The molecule has 0 fully saturated rings. The minimum atomic E-state index is -4.35. The molecule has 0 aliphatic rings. The molecule has 10 nitrogen and oxygen atoms in total. The summed E-state index contributed by atoms with van der Waals surface area (Å²) < 4.78 is 50.9. The van der Waals surface area contributed by atoms with Crippen molar-refractivity contribution in [2.75, 3.05) is 18.5 Å². The van der Waals surface area contributed by atoms with E-state index in [9.17, 15) is 27.6 Å². The van der Waals surface area contributed by atoms with E-state index in [1.165, 1.54) is 13.8 Å². The number of aliphatic carboxylic acids is 1. The molecule has 0 atom stereocenters. The fourth-order valence-electron chi connectivity index (χ4n) is 3.73. The van der Waals surface area contributed by atoms with Crippen molar-refractivity contribution in [2.24, 2.45) is 0 Å². The van der Waals surface area contributed by atoms with E-state index in [1.54, 1.807) is 24.3 Å². The molecule has 2 aromatic rings. The summed E-state index contributed by atoms with van der Waals surface area (Å²) in [5, 5.41) is 16.1. The second kappa shape index (κ2) is 15.3. The molecule has 40 heavy (non-hydrogen) atoms. The van der Waals surface area contributed by atoms with Crippen LogP contribution < -0.4 is 26.0 Å². The molecule has 0 saturated heterocycles. The van der Waals surface area contributed by atoms with Crippen LogP contribution in [-0.4, -0.2) is 50.4 Å². The van der Waals surface area contributed by atoms with Gasteiger partial charge in [-0.15, -0.1) is 5.10 Å². The summed E-state index contributed by atoms with van der Waals surface area (Å²) in [4.78, 5) is 36.9. The molecular formula is C27H39F3N4O6. The quantitative estimate of drug-likeness (QED) is 0.243. The van der Waals surface area contributed by atoms with Gasteiger partial charge < -0.3 is 19.9 Å². The van der Waals surface area contributed by atoms with E-state index in [-0.39, 0.29) is 38.5 Å². The molecule has 0 spiro atoms. The number of halogens is 3. The molecule has 2 rings (SSSR count). The van der Waals surface area contributed by atoms with Gasteiger partial charge in [0, 0.05) is 26.1 Å². The first-order valence-corrected chi connectivity index (χ1v) is 13.5. The van der Waals surface area contributed by atoms with E-state index in [0.717, 1.165) is 34.9 Å². The number of hydrogen-bond donors (Lipinski definition) is 2. The van der Waals surface area contributed by atoms with E-state index in [2.05, 4.69) is 17.3 Å². The molecule has 0 bridgehead atoms. The van der Waals surface area contributed by atoms with Crippen LogP contribution in [0, 0.1) is 0 Å².